The molecule has 2 saturated heterocycles. The molecule has 0 radical (unpaired) electrons. The Balaban J connectivity index is 1.51. The third kappa shape index (κ3) is 4.78. The lowest BCUT2D eigenvalue weighted by atomic mass is 9.60. The zero-order valence-electron chi connectivity index (χ0n) is 18.3. The second-order valence-electron chi connectivity index (χ2n) is 9.14. The van der Waals surface area contributed by atoms with Crippen LogP contribution in [0.2, 0.25) is 0 Å². The highest BCUT2D eigenvalue weighted by molar-refractivity contribution is 5.95. The molecule has 0 unspecified atom stereocenters. The molecule has 1 aliphatic carbocycles. The van der Waals surface area contributed by atoms with Crippen LogP contribution in [0.5, 0.6) is 0 Å². The first-order chi connectivity index (χ1) is 15.1. The Morgan fingerprint density at radius 1 is 1.13 bits per heavy atom. The van der Waals surface area contributed by atoms with Gasteiger partial charge in [0.15, 0.2) is 0 Å². The van der Waals surface area contributed by atoms with E-state index in [-0.39, 0.29) is 24.3 Å². The fraction of sp³-hybridized carbons (Fsp3) is 0.667. The molecular formula is C24H35N3O4. The number of likely N-dealkylation sites (tertiary alicyclic amines) is 1. The average molecular weight is 430 g/mol. The first-order valence-corrected chi connectivity index (χ1v) is 11.7. The van der Waals surface area contributed by atoms with Gasteiger partial charge in [-0.2, -0.15) is 0 Å². The van der Waals surface area contributed by atoms with Crippen LogP contribution in [0.25, 0.3) is 0 Å². The second-order valence-corrected chi connectivity index (χ2v) is 9.14. The summed E-state index contributed by atoms with van der Waals surface area (Å²) in [7, 11) is 0. The Labute approximate surface area is 184 Å². The van der Waals surface area contributed by atoms with E-state index in [2.05, 4.69) is 10.2 Å². The third-order valence-corrected chi connectivity index (χ3v) is 7.42. The molecule has 1 aromatic carbocycles. The number of hydrogen-bond donors (Lipinski definition) is 2. The summed E-state index contributed by atoms with van der Waals surface area (Å²) in [4.78, 5) is 31.0. The molecule has 3 aliphatic rings. The Hall–Kier alpha value is -1.96. The Kier molecular flexibility index (Phi) is 7.25. The average Bonchev–Trinajstić information content (AvgIpc) is 2.84. The van der Waals surface area contributed by atoms with Crippen molar-refractivity contribution in [2.75, 3.05) is 52.5 Å². The van der Waals surface area contributed by atoms with E-state index in [0.717, 1.165) is 52.0 Å². The van der Waals surface area contributed by atoms with Crippen LogP contribution in [0.1, 0.15) is 42.5 Å². The number of piperidine rings is 1. The highest BCUT2D eigenvalue weighted by Gasteiger charge is 2.53. The van der Waals surface area contributed by atoms with Crippen LogP contribution in [-0.2, 0) is 9.53 Å². The SMILES string of the molecule is O=C(c1ccccc1)N1CC[C@@H]2C[C@H](N3CCOCC3)CC[C@@]2(C(=O)NCCCO)C1. The predicted molar refractivity (Wildman–Crippen MR) is 118 cm³/mol. The lowest BCUT2D eigenvalue weighted by molar-refractivity contribution is -0.143. The van der Waals surface area contributed by atoms with Crippen molar-refractivity contribution in [3.63, 3.8) is 0 Å². The molecule has 7 heteroatoms. The van der Waals surface area contributed by atoms with E-state index >= 15 is 0 Å². The lowest BCUT2D eigenvalue weighted by Gasteiger charge is -2.53. The summed E-state index contributed by atoms with van der Waals surface area (Å²) < 4.78 is 5.52. The molecule has 170 valence electrons. The van der Waals surface area contributed by atoms with Gasteiger partial charge in [-0.15, -0.1) is 0 Å². The Morgan fingerprint density at radius 3 is 2.65 bits per heavy atom. The minimum absolute atomic E-state index is 0.0110. The van der Waals surface area contributed by atoms with Crippen LogP contribution in [-0.4, -0.2) is 85.3 Å². The van der Waals surface area contributed by atoms with Crippen LogP contribution < -0.4 is 5.32 Å². The number of nitrogens with one attached hydrogen (secondary N) is 1. The van der Waals surface area contributed by atoms with Crippen molar-refractivity contribution in [2.24, 2.45) is 11.3 Å². The van der Waals surface area contributed by atoms with Crippen molar-refractivity contribution in [1.82, 2.24) is 15.1 Å². The molecule has 0 bridgehead atoms. The molecule has 2 heterocycles. The largest absolute Gasteiger partial charge is 0.396 e. The molecule has 4 rings (SSSR count). The molecule has 3 fully saturated rings. The minimum atomic E-state index is -0.541. The number of morpholine rings is 1. The number of benzene rings is 1. The predicted octanol–water partition coefficient (Wildman–Crippen LogP) is 1.52. The monoisotopic (exact) mass is 429 g/mol. The number of aliphatic hydroxyl groups is 1. The summed E-state index contributed by atoms with van der Waals surface area (Å²) in [5, 5.41) is 12.2. The first kappa shape index (κ1) is 22.2. The number of carbonyl (C=O) groups excluding carboxylic acids is 2. The van der Waals surface area contributed by atoms with Gasteiger partial charge in [0, 0.05) is 50.9 Å². The summed E-state index contributed by atoms with van der Waals surface area (Å²) in [5.74, 6) is 0.330. The van der Waals surface area contributed by atoms with Crippen LogP contribution in [0.4, 0.5) is 0 Å². The van der Waals surface area contributed by atoms with Gasteiger partial charge in [-0.25, -0.2) is 0 Å². The Morgan fingerprint density at radius 2 is 1.90 bits per heavy atom. The number of carbonyl (C=O) groups is 2. The van der Waals surface area contributed by atoms with Crippen molar-refractivity contribution < 1.29 is 19.4 Å². The molecule has 0 aromatic heterocycles. The molecule has 1 saturated carbocycles. The maximum atomic E-state index is 13.5. The van der Waals surface area contributed by atoms with Gasteiger partial charge < -0.3 is 20.1 Å². The second kappa shape index (κ2) is 10.1. The van der Waals surface area contributed by atoms with Crippen LogP contribution in [0, 0.1) is 11.3 Å². The summed E-state index contributed by atoms with van der Waals surface area (Å²) in [6, 6.07) is 9.85. The lowest BCUT2D eigenvalue weighted by Crippen LogP contribution is -2.61. The van der Waals surface area contributed by atoms with Gasteiger partial charge in [0.25, 0.3) is 5.91 Å². The summed E-state index contributed by atoms with van der Waals surface area (Å²) >= 11 is 0. The quantitative estimate of drug-likeness (QED) is 0.670. The van der Waals surface area contributed by atoms with Gasteiger partial charge in [0.05, 0.1) is 18.6 Å². The molecular weight excluding hydrogens is 394 g/mol. The van der Waals surface area contributed by atoms with E-state index in [9.17, 15) is 9.59 Å². The van der Waals surface area contributed by atoms with E-state index in [1.807, 2.05) is 35.2 Å². The highest BCUT2D eigenvalue weighted by atomic mass is 16.5. The van der Waals surface area contributed by atoms with Gasteiger partial charge >= 0.3 is 0 Å². The van der Waals surface area contributed by atoms with E-state index in [0.29, 0.717) is 37.7 Å². The minimum Gasteiger partial charge on any atom is -0.396 e. The summed E-state index contributed by atoms with van der Waals surface area (Å²) in [6.07, 6.45) is 4.17. The first-order valence-electron chi connectivity index (χ1n) is 11.7. The van der Waals surface area contributed by atoms with Gasteiger partial charge in [0.1, 0.15) is 0 Å². The number of amides is 2. The molecule has 31 heavy (non-hydrogen) atoms. The number of fused-ring (bicyclic) bond motifs is 1. The smallest absolute Gasteiger partial charge is 0.253 e. The van der Waals surface area contributed by atoms with Crippen molar-refractivity contribution >= 4 is 11.8 Å². The van der Waals surface area contributed by atoms with Gasteiger partial charge in [-0.1, -0.05) is 18.2 Å². The highest BCUT2D eigenvalue weighted by Crippen LogP contribution is 2.48. The number of aliphatic hydroxyl groups excluding tert-OH is 1. The Bertz CT molecular complexity index is 752. The third-order valence-electron chi connectivity index (χ3n) is 7.42. The molecule has 0 spiro atoms. The topological polar surface area (TPSA) is 82.1 Å². The van der Waals surface area contributed by atoms with E-state index < -0.39 is 5.41 Å². The fourth-order valence-corrected chi connectivity index (χ4v) is 5.67. The molecule has 7 nitrogen and oxygen atoms in total. The van der Waals surface area contributed by atoms with Crippen LogP contribution >= 0.6 is 0 Å². The molecule has 3 atom stereocenters. The van der Waals surface area contributed by atoms with Crippen LogP contribution in [0.15, 0.2) is 30.3 Å². The number of nitrogens with zero attached hydrogens (tertiary/aromatic N) is 2. The van der Waals surface area contributed by atoms with Crippen molar-refractivity contribution in [1.29, 1.82) is 0 Å². The van der Waals surface area contributed by atoms with E-state index in [1.165, 1.54) is 0 Å². The summed E-state index contributed by atoms with van der Waals surface area (Å²) in [5.41, 5.74) is 0.139. The molecule has 2 aliphatic heterocycles. The zero-order chi connectivity index (χ0) is 21.7. The van der Waals surface area contributed by atoms with Crippen molar-refractivity contribution in [2.45, 2.75) is 38.1 Å². The van der Waals surface area contributed by atoms with E-state index in [1.54, 1.807) is 0 Å². The normalized spacial score (nSPS) is 29.3. The zero-order valence-corrected chi connectivity index (χ0v) is 18.3. The van der Waals surface area contributed by atoms with Gasteiger partial charge in [-0.05, 0) is 50.2 Å². The van der Waals surface area contributed by atoms with Gasteiger partial charge in [0.2, 0.25) is 5.91 Å². The standard InChI is InChI=1S/C24H35N3O4/c28-14-4-10-25-23(30)24-9-7-21(26-12-15-31-16-13-26)17-20(24)8-11-27(18-24)22(29)19-5-2-1-3-6-19/h1-3,5-6,20-21,28H,4,7-18H2,(H,25,30)/t20-,21-,24-/m1/s1. The van der Waals surface area contributed by atoms with Crippen molar-refractivity contribution in [3.8, 4) is 0 Å². The van der Waals surface area contributed by atoms with Crippen LogP contribution in [0.3, 0.4) is 0 Å². The maximum absolute atomic E-state index is 13.5. The molecule has 2 amide bonds. The maximum Gasteiger partial charge on any atom is 0.253 e. The van der Waals surface area contributed by atoms with E-state index in [4.69, 9.17) is 9.84 Å². The van der Waals surface area contributed by atoms with Gasteiger partial charge in [-0.3, -0.25) is 14.5 Å². The molecule has 2 N–H and O–H groups in total. The van der Waals surface area contributed by atoms with Crippen molar-refractivity contribution in [3.05, 3.63) is 35.9 Å². The fourth-order valence-electron chi connectivity index (χ4n) is 5.67. The number of ether oxygens (including phenoxy) is 1. The summed E-state index contributed by atoms with van der Waals surface area (Å²) in [6.45, 7) is 5.21. The molecule has 1 aromatic rings. The number of rotatable bonds is 6. The number of hydrogen-bond acceptors (Lipinski definition) is 5.